The number of nitrogens with one attached hydrogen (secondary N) is 2. The fraction of sp³-hybridized carbons (Fsp3) is 0.333. The molecule has 0 aliphatic carbocycles. The first-order valence-corrected chi connectivity index (χ1v) is 12.1. The molecule has 31 heavy (non-hydrogen) atoms. The summed E-state index contributed by atoms with van der Waals surface area (Å²) in [6, 6.07) is 7.09. The Balaban J connectivity index is 2.00. The van der Waals surface area contributed by atoms with Gasteiger partial charge in [0.05, 0.1) is 5.69 Å². The van der Waals surface area contributed by atoms with E-state index in [1.807, 2.05) is 6.92 Å². The normalized spacial score (nSPS) is 18.1. The molecule has 168 valence electrons. The number of anilines is 1. The maximum Gasteiger partial charge on any atom is 0.345 e. The fourth-order valence-electron chi connectivity index (χ4n) is 2.83. The molecular formula is C18H23N5O6S2. The van der Waals surface area contributed by atoms with Gasteiger partial charge in [-0.2, -0.15) is 8.42 Å². The molecule has 0 spiro atoms. The summed E-state index contributed by atoms with van der Waals surface area (Å²) in [7, 11) is -5.32. The largest absolute Gasteiger partial charge is 0.504 e. The van der Waals surface area contributed by atoms with Gasteiger partial charge in [0, 0.05) is 14.1 Å². The summed E-state index contributed by atoms with van der Waals surface area (Å²) >= 11 is 0. The van der Waals surface area contributed by atoms with Crippen molar-refractivity contribution in [2.45, 2.75) is 31.2 Å². The summed E-state index contributed by atoms with van der Waals surface area (Å²) in [4.78, 5) is 4.07. The Bertz CT molecular complexity index is 1260. The highest BCUT2D eigenvalue weighted by Crippen LogP contribution is 2.33. The van der Waals surface area contributed by atoms with Crippen LogP contribution < -0.4 is 10.0 Å². The lowest BCUT2D eigenvalue weighted by atomic mass is 10.2. The van der Waals surface area contributed by atoms with Crippen molar-refractivity contribution < 1.29 is 26.4 Å². The van der Waals surface area contributed by atoms with Gasteiger partial charge in [0.2, 0.25) is 10.0 Å². The molecule has 2 heterocycles. The van der Waals surface area contributed by atoms with Gasteiger partial charge in [-0.3, -0.25) is 4.99 Å². The van der Waals surface area contributed by atoms with Crippen LogP contribution in [0.25, 0.3) is 0 Å². The monoisotopic (exact) mass is 469 g/mol. The molecule has 3 rings (SSSR count). The number of hydrogen-bond donors (Lipinski definition) is 3. The van der Waals surface area contributed by atoms with Crippen molar-refractivity contribution in [3.63, 3.8) is 0 Å². The lowest BCUT2D eigenvalue weighted by Crippen LogP contribution is -2.31. The van der Waals surface area contributed by atoms with Crippen LogP contribution >= 0.6 is 0 Å². The molecule has 0 fully saturated rings. The van der Waals surface area contributed by atoms with Crippen LogP contribution in [0, 0.1) is 6.92 Å². The smallest absolute Gasteiger partial charge is 0.345 e. The number of phenols is 1. The summed E-state index contributed by atoms with van der Waals surface area (Å²) in [5.41, 5.74) is -0.0461. The maximum atomic E-state index is 12.4. The summed E-state index contributed by atoms with van der Waals surface area (Å²) in [5, 5.41) is 13.2. The van der Waals surface area contributed by atoms with Crippen LogP contribution in [0.1, 0.15) is 30.9 Å². The van der Waals surface area contributed by atoms with Crippen molar-refractivity contribution in [1.29, 1.82) is 0 Å². The van der Waals surface area contributed by atoms with Crippen LogP contribution in [-0.4, -0.2) is 52.0 Å². The average Bonchev–Trinajstić information content (AvgIpc) is 3.23. The molecule has 1 aliphatic rings. The van der Waals surface area contributed by atoms with Crippen molar-refractivity contribution in [2.24, 2.45) is 9.39 Å². The van der Waals surface area contributed by atoms with E-state index in [0.29, 0.717) is 17.9 Å². The second kappa shape index (κ2) is 8.32. The number of amidine groups is 2. The fourth-order valence-corrected chi connectivity index (χ4v) is 4.64. The predicted octanol–water partition coefficient (Wildman–Crippen LogP) is 1.75. The predicted molar refractivity (Wildman–Crippen MR) is 116 cm³/mol. The van der Waals surface area contributed by atoms with E-state index in [1.165, 1.54) is 32.3 Å². The Morgan fingerprint density at radius 1 is 1.29 bits per heavy atom. The molecule has 0 saturated heterocycles. The Morgan fingerprint density at radius 2 is 2.00 bits per heavy atom. The van der Waals surface area contributed by atoms with Gasteiger partial charge in [-0.25, -0.2) is 17.4 Å². The van der Waals surface area contributed by atoms with Crippen LogP contribution in [-0.2, 0) is 20.2 Å². The minimum absolute atomic E-state index is 0.0461. The van der Waals surface area contributed by atoms with Crippen LogP contribution in [0.2, 0.25) is 0 Å². The number of para-hydroxylation sites is 1. The van der Waals surface area contributed by atoms with Crippen molar-refractivity contribution in [1.82, 2.24) is 9.03 Å². The number of aliphatic imine (C=N–C) groups is 1. The number of hydrogen-bond acceptors (Lipinski definition) is 8. The highest BCUT2D eigenvalue weighted by Gasteiger charge is 2.30. The number of rotatable bonds is 6. The molecule has 0 bridgehead atoms. The van der Waals surface area contributed by atoms with E-state index < -0.39 is 32.0 Å². The van der Waals surface area contributed by atoms with Gasteiger partial charge >= 0.3 is 10.2 Å². The zero-order valence-electron chi connectivity index (χ0n) is 17.3. The van der Waals surface area contributed by atoms with Crippen LogP contribution in [0.4, 0.5) is 5.69 Å². The average molecular weight is 470 g/mol. The van der Waals surface area contributed by atoms with E-state index in [2.05, 4.69) is 19.4 Å². The zero-order chi connectivity index (χ0) is 23.0. The SMILES string of the molecule is CC[C@@H](N=C1NS(=O)(=O)N=C1Nc1cccc(S(=O)(=O)N(C)C)c1O)c1ccc(C)o1. The Morgan fingerprint density at radius 3 is 2.58 bits per heavy atom. The standard InChI is InChI=1S/C18H23N5O6S2/c1-5-12(14-10-9-11(2)29-14)19-17-18(22-31(27,28)21-17)20-13-7-6-8-15(16(13)24)30(25,26)23(3)4/h6-10,12,24H,5H2,1-4H3,(H,19,21)(H,20,22)/t12-/m1/s1. The quantitative estimate of drug-likeness (QED) is 0.545. The van der Waals surface area contributed by atoms with Crippen molar-refractivity contribution >= 4 is 37.6 Å². The van der Waals surface area contributed by atoms with Crippen LogP contribution in [0.3, 0.4) is 0 Å². The Hall–Kier alpha value is -2.90. The maximum absolute atomic E-state index is 12.4. The summed E-state index contributed by atoms with van der Waals surface area (Å²) in [5.74, 6) is 0.408. The Labute approximate surface area is 180 Å². The Kier molecular flexibility index (Phi) is 6.11. The number of sulfonamides is 1. The van der Waals surface area contributed by atoms with Gasteiger partial charge in [-0.15, -0.1) is 4.40 Å². The first-order valence-electron chi connectivity index (χ1n) is 9.23. The van der Waals surface area contributed by atoms with Crippen LogP contribution in [0.15, 0.2) is 49.0 Å². The minimum Gasteiger partial charge on any atom is -0.504 e. The van der Waals surface area contributed by atoms with Gasteiger partial charge in [0.15, 0.2) is 17.4 Å². The molecule has 0 saturated carbocycles. The van der Waals surface area contributed by atoms with E-state index in [1.54, 1.807) is 19.1 Å². The highest BCUT2D eigenvalue weighted by atomic mass is 32.2. The number of furan rings is 1. The van der Waals surface area contributed by atoms with E-state index >= 15 is 0 Å². The highest BCUT2D eigenvalue weighted by molar-refractivity contribution is 7.89. The lowest BCUT2D eigenvalue weighted by molar-refractivity contribution is 0.442. The van der Waals surface area contributed by atoms with E-state index in [-0.39, 0.29) is 22.3 Å². The second-order valence-electron chi connectivity index (χ2n) is 6.93. The third-order valence-electron chi connectivity index (χ3n) is 4.43. The molecule has 0 unspecified atom stereocenters. The molecule has 1 aliphatic heterocycles. The van der Waals surface area contributed by atoms with Gasteiger partial charge in [-0.1, -0.05) is 13.0 Å². The molecule has 1 aromatic heterocycles. The van der Waals surface area contributed by atoms with Crippen LogP contribution in [0.5, 0.6) is 5.75 Å². The molecule has 3 N–H and O–H groups in total. The number of aromatic hydroxyl groups is 1. The first kappa shape index (κ1) is 22.8. The molecule has 13 heteroatoms. The molecule has 1 atom stereocenters. The van der Waals surface area contributed by atoms with E-state index in [9.17, 15) is 21.9 Å². The van der Waals surface area contributed by atoms with E-state index in [0.717, 1.165) is 4.31 Å². The number of phenolic OH excluding ortho intramolecular Hbond substituents is 1. The molecule has 0 amide bonds. The number of nitrogens with zero attached hydrogens (tertiary/aromatic N) is 3. The molecule has 2 aromatic rings. The first-order chi connectivity index (χ1) is 14.4. The van der Waals surface area contributed by atoms with Gasteiger partial charge < -0.3 is 14.8 Å². The molecule has 11 nitrogen and oxygen atoms in total. The van der Waals surface area contributed by atoms with Crippen molar-refractivity contribution in [3.8, 4) is 5.75 Å². The lowest BCUT2D eigenvalue weighted by Gasteiger charge is -2.15. The second-order valence-corrected chi connectivity index (χ2v) is 10.4. The minimum atomic E-state index is -4.05. The van der Waals surface area contributed by atoms with Crippen molar-refractivity contribution in [2.75, 3.05) is 19.4 Å². The van der Waals surface area contributed by atoms with E-state index in [4.69, 9.17) is 4.42 Å². The molecule has 1 aromatic carbocycles. The summed E-state index contributed by atoms with van der Waals surface area (Å²) in [6.45, 7) is 3.65. The number of benzene rings is 1. The summed E-state index contributed by atoms with van der Waals surface area (Å²) < 4.78 is 61.3. The topological polar surface area (TPSA) is 154 Å². The molecule has 0 radical (unpaired) electrons. The number of aryl methyl sites for hydroxylation is 1. The third kappa shape index (κ3) is 4.73. The van der Waals surface area contributed by atoms with Gasteiger partial charge in [0.25, 0.3) is 0 Å². The zero-order valence-corrected chi connectivity index (χ0v) is 19.0. The third-order valence-corrected chi connectivity index (χ3v) is 7.15. The summed E-state index contributed by atoms with van der Waals surface area (Å²) in [6.07, 6.45) is 0.521. The van der Waals surface area contributed by atoms with Crippen molar-refractivity contribution in [3.05, 3.63) is 41.9 Å². The van der Waals surface area contributed by atoms with Gasteiger partial charge in [0.1, 0.15) is 22.5 Å². The van der Waals surface area contributed by atoms with Gasteiger partial charge in [-0.05, 0) is 37.6 Å². The molecular weight excluding hydrogens is 446 g/mol.